The first-order valence-electron chi connectivity index (χ1n) is 8.40. The fourth-order valence-corrected chi connectivity index (χ4v) is 4.01. The molecular formula is C17H24N4O4S. The number of anilines is 1. The van der Waals surface area contributed by atoms with Crippen LogP contribution in [0.1, 0.15) is 19.8 Å². The van der Waals surface area contributed by atoms with Gasteiger partial charge in [-0.3, -0.25) is 0 Å². The third kappa shape index (κ3) is 5.36. The topological polar surface area (TPSA) is 109 Å². The van der Waals surface area contributed by atoms with Gasteiger partial charge < -0.3 is 15.5 Å². The van der Waals surface area contributed by atoms with Crippen molar-refractivity contribution in [2.45, 2.75) is 19.8 Å². The maximum absolute atomic E-state index is 12.7. The Bertz CT molecular complexity index is 776. The van der Waals surface area contributed by atoms with Crippen LogP contribution in [0.2, 0.25) is 0 Å². The van der Waals surface area contributed by atoms with Gasteiger partial charge in [-0.15, -0.1) is 0 Å². The Hall–Kier alpha value is -2.28. The van der Waals surface area contributed by atoms with Crippen molar-refractivity contribution in [3.63, 3.8) is 0 Å². The van der Waals surface area contributed by atoms with E-state index in [1.54, 1.807) is 6.20 Å². The molecule has 1 aromatic rings. The monoisotopic (exact) mass is 380 g/mol. The lowest BCUT2D eigenvalue weighted by atomic mass is 10.3. The molecule has 142 valence electrons. The zero-order valence-electron chi connectivity index (χ0n) is 14.8. The van der Waals surface area contributed by atoms with E-state index in [4.69, 9.17) is 11.0 Å². The second-order valence-electron chi connectivity index (χ2n) is 5.82. The summed E-state index contributed by atoms with van der Waals surface area (Å²) in [6.45, 7) is 3.73. The molecule has 0 bridgehead atoms. The average Bonchev–Trinajstić information content (AvgIpc) is 2.67. The Labute approximate surface area is 154 Å². The van der Waals surface area contributed by atoms with E-state index in [0.29, 0.717) is 32.6 Å². The van der Waals surface area contributed by atoms with Crippen LogP contribution >= 0.6 is 0 Å². The number of nitrogens with two attached hydrogens (primary N) is 1. The molecule has 9 heteroatoms. The van der Waals surface area contributed by atoms with Gasteiger partial charge in [0.15, 0.2) is 0 Å². The Balaban J connectivity index is 2.05. The smallest absolute Gasteiger partial charge is 0.240 e. The molecule has 1 aliphatic heterocycles. The molecule has 2 heterocycles. The Kier molecular flexibility index (Phi) is 7.26. The van der Waals surface area contributed by atoms with Gasteiger partial charge in [0, 0.05) is 38.8 Å². The van der Waals surface area contributed by atoms with E-state index in [1.807, 2.05) is 30.0 Å². The van der Waals surface area contributed by atoms with E-state index in [-0.39, 0.29) is 11.5 Å². The Morgan fingerprint density at radius 2 is 2.08 bits per heavy atom. The van der Waals surface area contributed by atoms with Gasteiger partial charge in [-0.2, -0.15) is 4.31 Å². The van der Waals surface area contributed by atoms with Crippen LogP contribution in [0.4, 0.5) is 5.82 Å². The number of hydrogen-bond acceptors (Lipinski definition) is 7. The van der Waals surface area contributed by atoms with E-state index >= 15 is 0 Å². The van der Waals surface area contributed by atoms with Crippen LogP contribution in [0.25, 0.3) is 0 Å². The SMILES string of the molecule is CCCC#CC(CS(=O)(=O)N1CCN(c2ccccn2)CC1)=C(N)OO. The van der Waals surface area contributed by atoms with Crippen molar-refractivity contribution in [1.29, 1.82) is 0 Å². The highest BCUT2D eigenvalue weighted by Crippen LogP contribution is 2.16. The van der Waals surface area contributed by atoms with Crippen molar-refractivity contribution in [3.05, 3.63) is 35.9 Å². The van der Waals surface area contributed by atoms with E-state index < -0.39 is 15.8 Å². The predicted molar refractivity (Wildman–Crippen MR) is 99.4 cm³/mol. The second-order valence-corrected chi connectivity index (χ2v) is 7.79. The molecule has 0 aliphatic carbocycles. The summed E-state index contributed by atoms with van der Waals surface area (Å²) in [5.74, 6) is 5.56. The normalized spacial score (nSPS) is 16.5. The molecule has 0 radical (unpaired) electrons. The van der Waals surface area contributed by atoms with E-state index in [0.717, 1.165) is 12.2 Å². The zero-order chi connectivity index (χ0) is 19.0. The fraction of sp³-hybridized carbons (Fsp3) is 0.471. The van der Waals surface area contributed by atoms with Crippen LogP contribution in [0.15, 0.2) is 35.9 Å². The zero-order valence-corrected chi connectivity index (χ0v) is 15.6. The van der Waals surface area contributed by atoms with Gasteiger partial charge in [0.25, 0.3) is 0 Å². The lowest BCUT2D eigenvalue weighted by Crippen LogP contribution is -2.49. The Morgan fingerprint density at radius 1 is 1.35 bits per heavy atom. The van der Waals surface area contributed by atoms with E-state index in [9.17, 15) is 8.42 Å². The first-order chi connectivity index (χ1) is 12.5. The summed E-state index contributed by atoms with van der Waals surface area (Å²) in [6.07, 6.45) is 3.15. The predicted octanol–water partition coefficient (Wildman–Crippen LogP) is 0.997. The molecule has 2 rings (SSSR count). The van der Waals surface area contributed by atoms with Crippen LogP contribution in [0.3, 0.4) is 0 Å². The van der Waals surface area contributed by atoms with Crippen molar-refractivity contribution in [1.82, 2.24) is 9.29 Å². The molecule has 26 heavy (non-hydrogen) atoms. The number of nitrogens with zero attached hydrogens (tertiary/aromatic N) is 3. The maximum atomic E-state index is 12.7. The number of piperazine rings is 1. The number of sulfonamides is 1. The van der Waals surface area contributed by atoms with Crippen LogP contribution in [-0.2, 0) is 14.9 Å². The second kappa shape index (κ2) is 9.43. The minimum atomic E-state index is -3.63. The highest BCUT2D eigenvalue weighted by atomic mass is 32.2. The molecule has 3 N–H and O–H groups in total. The van der Waals surface area contributed by atoms with Crippen LogP contribution in [0.5, 0.6) is 0 Å². The van der Waals surface area contributed by atoms with Crippen molar-refractivity contribution in [2.75, 3.05) is 36.8 Å². The quantitative estimate of drug-likeness (QED) is 0.328. The van der Waals surface area contributed by atoms with Gasteiger partial charge in [0.05, 0.1) is 5.57 Å². The molecular weight excluding hydrogens is 356 g/mol. The maximum Gasteiger partial charge on any atom is 0.240 e. The number of rotatable bonds is 6. The van der Waals surface area contributed by atoms with Gasteiger partial charge in [0.1, 0.15) is 11.6 Å². The lowest BCUT2D eigenvalue weighted by molar-refractivity contribution is -0.204. The minimum absolute atomic E-state index is 0.0631. The third-order valence-corrected chi connectivity index (χ3v) is 5.75. The average molecular weight is 380 g/mol. The molecule has 0 amide bonds. The third-order valence-electron chi connectivity index (χ3n) is 3.94. The fourth-order valence-electron chi connectivity index (χ4n) is 2.53. The minimum Gasteiger partial charge on any atom is -0.366 e. The summed E-state index contributed by atoms with van der Waals surface area (Å²) < 4.78 is 26.8. The van der Waals surface area contributed by atoms with Crippen LogP contribution in [0, 0.1) is 11.8 Å². The molecule has 1 aliphatic rings. The van der Waals surface area contributed by atoms with E-state index in [2.05, 4.69) is 21.7 Å². The molecule has 1 saturated heterocycles. The lowest BCUT2D eigenvalue weighted by Gasteiger charge is -2.34. The number of hydrogen-bond donors (Lipinski definition) is 2. The summed E-state index contributed by atoms with van der Waals surface area (Å²) in [6, 6.07) is 5.63. The van der Waals surface area contributed by atoms with Gasteiger partial charge in [-0.25, -0.2) is 18.7 Å². The van der Waals surface area contributed by atoms with Gasteiger partial charge in [0.2, 0.25) is 15.9 Å². The molecule has 8 nitrogen and oxygen atoms in total. The highest BCUT2D eigenvalue weighted by Gasteiger charge is 2.29. The summed E-state index contributed by atoms with van der Waals surface area (Å²) in [5, 5.41) is 8.76. The molecule has 0 atom stereocenters. The van der Waals surface area contributed by atoms with E-state index in [1.165, 1.54) is 4.31 Å². The molecule has 0 spiro atoms. The summed E-state index contributed by atoms with van der Waals surface area (Å²) in [5.41, 5.74) is 5.60. The van der Waals surface area contributed by atoms with Gasteiger partial charge in [-0.05, 0) is 18.6 Å². The van der Waals surface area contributed by atoms with Gasteiger partial charge >= 0.3 is 0 Å². The molecule has 0 aromatic carbocycles. The number of aromatic nitrogens is 1. The first kappa shape index (κ1) is 20.0. The van der Waals surface area contributed by atoms with Crippen molar-refractivity contribution in [3.8, 4) is 11.8 Å². The summed E-state index contributed by atoms with van der Waals surface area (Å²) >= 11 is 0. The highest BCUT2D eigenvalue weighted by molar-refractivity contribution is 7.89. The largest absolute Gasteiger partial charge is 0.366 e. The first-order valence-corrected chi connectivity index (χ1v) is 10.0. The number of unbranched alkanes of at least 4 members (excludes halogenated alkanes) is 1. The van der Waals surface area contributed by atoms with Crippen LogP contribution in [-0.4, -0.2) is 54.9 Å². The molecule has 1 fully saturated rings. The summed E-state index contributed by atoms with van der Waals surface area (Å²) in [4.78, 5) is 10.3. The number of pyridine rings is 1. The van der Waals surface area contributed by atoms with Crippen molar-refractivity contribution >= 4 is 15.8 Å². The van der Waals surface area contributed by atoms with Crippen LogP contribution < -0.4 is 10.6 Å². The Morgan fingerprint density at radius 3 is 2.65 bits per heavy atom. The molecule has 0 saturated carbocycles. The van der Waals surface area contributed by atoms with Crippen molar-refractivity contribution < 1.29 is 18.6 Å². The molecule has 1 aromatic heterocycles. The standard InChI is InChI=1S/C17H24N4O4S/c1-2-3-4-7-15(17(18)25-22)14-26(23,24)21-12-10-20(11-13-21)16-8-5-6-9-19-16/h5-6,8-9,22H,2-3,10-14,18H2,1H3. The van der Waals surface area contributed by atoms with Gasteiger partial charge in [-0.1, -0.05) is 24.8 Å². The summed E-state index contributed by atoms with van der Waals surface area (Å²) in [7, 11) is -3.63. The molecule has 0 unspecified atom stereocenters. The van der Waals surface area contributed by atoms with Crippen molar-refractivity contribution in [2.24, 2.45) is 5.73 Å².